The molecule has 2 heterocycles. The Morgan fingerprint density at radius 2 is 1.73 bits per heavy atom. The number of nitrogens with zero attached hydrogens (tertiary/aromatic N) is 3. The van der Waals surface area contributed by atoms with Gasteiger partial charge in [0.25, 0.3) is 0 Å². The van der Waals surface area contributed by atoms with E-state index in [1.165, 1.54) is 17.1 Å². The molecule has 4 aromatic rings. The van der Waals surface area contributed by atoms with Gasteiger partial charge in [0.05, 0.1) is 5.69 Å². The molecule has 37 heavy (non-hydrogen) atoms. The maximum Gasteiger partial charge on any atom is 0.341 e. The molecule has 0 bridgehead atoms. The van der Waals surface area contributed by atoms with Gasteiger partial charge >= 0.3 is 5.97 Å². The van der Waals surface area contributed by atoms with Crippen molar-refractivity contribution < 1.29 is 14.7 Å². The third-order valence-corrected chi connectivity index (χ3v) is 7.66. The lowest BCUT2D eigenvalue weighted by molar-refractivity contribution is -0.124. The van der Waals surface area contributed by atoms with Gasteiger partial charge in [-0.15, -0.1) is 5.10 Å². The van der Waals surface area contributed by atoms with Crippen LogP contribution in [0.15, 0.2) is 54.7 Å². The van der Waals surface area contributed by atoms with E-state index in [1.807, 2.05) is 50.2 Å². The molecule has 2 aromatic heterocycles. The van der Waals surface area contributed by atoms with E-state index in [1.54, 1.807) is 9.58 Å². The number of rotatable bonds is 6. The van der Waals surface area contributed by atoms with E-state index < -0.39 is 5.97 Å². The lowest BCUT2D eigenvalue weighted by Gasteiger charge is -2.32. The fourth-order valence-corrected chi connectivity index (χ4v) is 5.48. The third kappa shape index (κ3) is 4.66. The number of H-pyrrole nitrogens is 1. The minimum Gasteiger partial charge on any atom is -0.477 e. The van der Waals surface area contributed by atoms with E-state index in [9.17, 15) is 14.7 Å². The summed E-state index contributed by atoms with van der Waals surface area (Å²) in [6.07, 6.45) is 5.21. The van der Waals surface area contributed by atoms with Gasteiger partial charge in [0.1, 0.15) is 5.56 Å². The molecule has 2 aromatic carbocycles. The highest BCUT2D eigenvalue weighted by Gasteiger charge is 2.34. The minimum atomic E-state index is -1.10. The number of hydrogen-bond donors (Lipinski definition) is 2. The lowest BCUT2D eigenvalue weighted by Crippen LogP contribution is -2.43. The predicted molar refractivity (Wildman–Crippen MR) is 146 cm³/mol. The molecule has 0 unspecified atom stereocenters. The van der Waals surface area contributed by atoms with E-state index in [2.05, 4.69) is 36.1 Å². The molecule has 5 rings (SSSR count). The number of carboxylic acid groups (broad SMARTS) is 1. The number of hydrogen-bond acceptors (Lipinski definition) is 3. The van der Waals surface area contributed by atoms with Crippen molar-refractivity contribution in [1.29, 1.82) is 0 Å². The van der Waals surface area contributed by atoms with E-state index in [4.69, 9.17) is 0 Å². The minimum absolute atomic E-state index is 0.0284. The van der Waals surface area contributed by atoms with Crippen molar-refractivity contribution >= 4 is 28.6 Å². The summed E-state index contributed by atoms with van der Waals surface area (Å²) in [6.45, 7) is 8.14. The van der Waals surface area contributed by atoms with E-state index in [0.717, 1.165) is 48.1 Å². The molecule has 0 atom stereocenters. The van der Waals surface area contributed by atoms with Crippen LogP contribution in [0.2, 0.25) is 0 Å². The molecule has 0 aliphatic heterocycles. The van der Waals surface area contributed by atoms with Gasteiger partial charge in [-0.25, -0.2) is 9.48 Å². The van der Waals surface area contributed by atoms with Crippen LogP contribution in [-0.2, 0) is 4.79 Å². The number of aromatic nitrogens is 3. The molecule has 1 saturated carbocycles. The highest BCUT2D eigenvalue weighted by Crippen LogP contribution is 2.33. The summed E-state index contributed by atoms with van der Waals surface area (Å²) < 4.78 is 1.56. The van der Waals surface area contributed by atoms with Crippen molar-refractivity contribution in [3.8, 4) is 16.9 Å². The summed E-state index contributed by atoms with van der Waals surface area (Å²) >= 11 is 0. The second kappa shape index (κ2) is 9.88. The van der Waals surface area contributed by atoms with Gasteiger partial charge in [-0.1, -0.05) is 37.3 Å². The second-order valence-corrected chi connectivity index (χ2v) is 10.6. The van der Waals surface area contributed by atoms with Gasteiger partial charge in [-0.2, -0.15) is 0 Å². The zero-order valence-corrected chi connectivity index (χ0v) is 21.9. The monoisotopic (exact) mass is 498 g/mol. The zero-order chi connectivity index (χ0) is 26.3. The first-order valence-corrected chi connectivity index (χ1v) is 13.1. The summed E-state index contributed by atoms with van der Waals surface area (Å²) in [4.78, 5) is 30.8. The normalized spacial score (nSPS) is 17.9. The molecule has 2 N–H and O–H groups in total. The molecule has 1 aliphatic carbocycles. The number of amides is 1. The molecular formula is C30H34N4O3. The van der Waals surface area contributed by atoms with Crippen LogP contribution < -0.4 is 4.90 Å². The number of nitrogens with one attached hydrogen (secondary N) is 1. The number of fused-ring (bicyclic) bond motifs is 1. The second-order valence-electron chi connectivity index (χ2n) is 10.6. The van der Waals surface area contributed by atoms with Crippen molar-refractivity contribution in [2.45, 2.75) is 59.4 Å². The van der Waals surface area contributed by atoms with Crippen LogP contribution in [0.3, 0.4) is 0 Å². The Balaban J connectivity index is 1.48. The Morgan fingerprint density at radius 1 is 1.05 bits per heavy atom. The molecule has 0 spiro atoms. The number of para-hydroxylation sites is 1. The molecule has 7 heteroatoms. The number of aromatic carboxylic acids is 1. The SMILES string of the molecule is Cc1c(-c2ccc(-n3cc(C(=O)O)c(N(C(=O)C4CCC(C)CC4)C(C)C)n3)cc2)[nH]c2ccccc12. The van der Waals surface area contributed by atoms with E-state index in [-0.39, 0.29) is 29.2 Å². The molecule has 7 nitrogen and oxygen atoms in total. The lowest BCUT2D eigenvalue weighted by atomic mass is 9.82. The van der Waals surface area contributed by atoms with Crippen LogP contribution in [0.5, 0.6) is 0 Å². The highest BCUT2D eigenvalue weighted by molar-refractivity contribution is 6.02. The number of carboxylic acids is 1. The first kappa shape index (κ1) is 24.8. The van der Waals surface area contributed by atoms with Gasteiger partial charge in [0, 0.05) is 34.8 Å². The smallest absolute Gasteiger partial charge is 0.341 e. The topological polar surface area (TPSA) is 91.2 Å². The van der Waals surface area contributed by atoms with Crippen molar-refractivity contribution in [1.82, 2.24) is 14.8 Å². The van der Waals surface area contributed by atoms with Crippen LogP contribution in [0.4, 0.5) is 5.82 Å². The number of carbonyl (C=O) groups is 2. The summed E-state index contributed by atoms with van der Waals surface area (Å²) in [5, 5.41) is 15.8. The van der Waals surface area contributed by atoms with Crippen LogP contribution >= 0.6 is 0 Å². The fraction of sp³-hybridized carbons (Fsp3) is 0.367. The molecule has 192 valence electrons. The van der Waals surface area contributed by atoms with Gasteiger partial charge in [-0.05, 0) is 81.7 Å². The molecule has 0 radical (unpaired) electrons. The number of benzene rings is 2. The highest BCUT2D eigenvalue weighted by atomic mass is 16.4. The van der Waals surface area contributed by atoms with E-state index >= 15 is 0 Å². The molecule has 1 aliphatic rings. The van der Waals surface area contributed by atoms with Crippen LogP contribution in [0.25, 0.3) is 27.8 Å². The standard InChI is InChI=1S/C30H34N4O3/c1-18(2)34(29(35)22-11-9-19(3)10-12-22)28-25(30(36)37)17-33(32-28)23-15-13-21(14-16-23)27-20(4)24-7-5-6-8-26(24)31-27/h5-8,13-19,22,31H,9-12H2,1-4H3,(H,36,37). The van der Waals surface area contributed by atoms with Crippen molar-refractivity contribution in [3.05, 3.63) is 65.9 Å². The van der Waals surface area contributed by atoms with Gasteiger partial charge in [0.15, 0.2) is 5.82 Å². The summed E-state index contributed by atoms with van der Waals surface area (Å²) in [5.74, 6) is -0.381. The Labute approximate surface area is 217 Å². The number of anilines is 1. The number of aryl methyl sites for hydroxylation is 1. The molecule has 1 fully saturated rings. The summed E-state index contributed by atoms with van der Waals surface area (Å²) in [7, 11) is 0. The van der Waals surface area contributed by atoms with Gasteiger partial charge < -0.3 is 10.1 Å². The van der Waals surface area contributed by atoms with E-state index in [0.29, 0.717) is 5.92 Å². The molecule has 0 saturated heterocycles. The fourth-order valence-electron chi connectivity index (χ4n) is 5.48. The van der Waals surface area contributed by atoms with Gasteiger partial charge in [0.2, 0.25) is 5.91 Å². The van der Waals surface area contributed by atoms with Crippen LogP contribution in [-0.4, -0.2) is 37.8 Å². The molecule has 1 amide bonds. The predicted octanol–water partition coefficient (Wildman–Crippen LogP) is 6.59. The van der Waals surface area contributed by atoms with Crippen molar-refractivity contribution in [2.24, 2.45) is 11.8 Å². The average Bonchev–Trinajstić information content (AvgIpc) is 3.47. The Bertz CT molecular complexity index is 1440. The Hall–Kier alpha value is -3.87. The first-order chi connectivity index (χ1) is 17.7. The summed E-state index contributed by atoms with van der Waals surface area (Å²) in [5.41, 5.74) is 5.12. The third-order valence-electron chi connectivity index (χ3n) is 7.66. The summed E-state index contributed by atoms with van der Waals surface area (Å²) in [6, 6.07) is 15.9. The first-order valence-electron chi connectivity index (χ1n) is 13.1. The zero-order valence-electron chi connectivity index (χ0n) is 21.9. The maximum absolute atomic E-state index is 13.6. The Kier molecular flexibility index (Phi) is 6.63. The van der Waals surface area contributed by atoms with Crippen LogP contribution in [0.1, 0.15) is 62.4 Å². The van der Waals surface area contributed by atoms with Crippen molar-refractivity contribution in [2.75, 3.05) is 4.90 Å². The largest absolute Gasteiger partial charge is 0.477 e. The Morgan fingerprint density at radius 3 is 2.35 bits per heavy atom. The van der Waals surface area contributed by atoms with Gasteiger partial charge in [-0.3, -0.25) is 9.69 Å². The molecular weight excluding hydrogens is 464 g/mol. The quantitative estimate of drug-likeness (QED) is 0.313. The van der Waals surface area contributed by atoms with Crippen molar-refractivity contribution in [3.63, 3.8) is 0 Å². The van der Waals surface area contributed by atoms with Crippen LogP contribution in [0, 0.1) is 18.8 Å². The maximum atomic E-state index is 13.6. The number of aromatic amines is 1. The number of carbonyl (C=O) groups excluding carboxylic acids is 1. The average molecular weight is 499 g/mol.